The summed E-state index contributed by atoms with van der Waals surface area (Å²) in [5, 5.41) is 14.5. The van der Waals surface area contributed by atoms with E-state index in [1.807, 2.05) is 0 Å². The van der Waals surface area contributed by atoms with E-state index in [4.69, 9.17) is 5.11 Å². The Morgan fingerprint density at radius 1 is 1.82 bits per heavy atom. The van der Waals surface area contributed by atoms with Crippen molar-refractivity contribution >= 4 is 11.9 Å². The Hall–Kier alpha value is -1.52. The third-order valence-electron chi connectivity index (χ3n) is 1.35. The van der Waals surface area contributed by atoms with Crippen molar-refractivity contribution in [3.8, 4) is 0 Å². The lowest BCUT2D eigenvalue weighted by Gasteiger charge is -2.00. The Morgan fingerprint density at radius 2 is 2.45 bits per heavy atom. The number of carboxylic acid groups (broad SMARTS) is 1. The lowest BCUT2D eigenvalue weighted by Crippen LogP contribution is -2.11. The fourth-order valence-electron chi connectivity index (χ4n) is 0.828. The summed E-state index contributed by atoms with van der Waals surface area (Å²) < 4.78 is 1.48. The first kappa shape index (κ1) is 7.59. The number of amides is 1. The van der Waals surface area contributed by atoms with E-state index in [1.54, 1.807) is 20.2 Å². The summed E-state index contributed by atoms with van der Waals surface area (Å²) in [6.45, 7) is 1.79. The van der Waals surface area contributed by atoms with E-state index in [9.17, 15) is 4.79 Å². The molecule has 0 aromatic carbocycles. The molecule has 1 rings (SSSR count). The van der Waals surface area contributed by atoms with Gasteiger partial charge in [0.1, 0.15) is 5.82 Å². The molecule has 5 nitrogen and oxygen atoms in total. The van der Waals surface area contributed by atoms with E-state index in [1.165, 1.54) is 4.68 Å². The Morgan fingerprint density at radius 3 is 2.82 bits per heavy atom. The van der Waals surface area contributed by atoms with Crippen LogP contribution >= 0.6 is 0 Å². The first-order valence-corrected chi connectivity index (χ1v) is 3.10. The molecule has 0 radical (unpaired) electrons. The highest BCUT2D eigenvalue weighted by molar-refractivity contribution is 5.82. The van der Waals surface area contributed by atoms with Gasteiger partial charge in [-0.3, -0.25) is 10.00 Å². The number of aromatic nitrogens is 2. The van der Waals surface area contributed by atoms with Crippen LogP contribution in [-0.2, 0) is 7.05 Å². The maximum atomic E-state index is 10.2. The molecule has 1 amide bonds. The highest BCUT2D eigenvalue weighted by Crippen LogP contribution is 2.10. The average molecular weight is 155 g/mol. The van der Waals surface area contributed by atoms with Crippen molar-refractivity contribution < 1.29 is 9.90 Å². The van der Waals surface area contributed by atoms with Gasteiger partial charge in [0, 0.05) is 12.6 Å². The zero-order chi connectivity index (χ0) is 8.43. The second kappa shape index (κ2) is 2.61. The molecule has 0 saturated heterocycles. The summed E-state index contributed by atoms with van der Waals surface area (Å²) in [4.78, 5) is 10.2. The summed E-state index contributed by atoms with van der Waals surface area (Å²) >= 11 is 0. The minimum atomic E-state index is -1.07. The van der Waals surface area contributed by atoms with Crippen LogP contribution in [0.15, 0.2) is 6.20 Å². The Kier molecular flexibility index (Phi) is 1.80. The van der Waals surface area contributed by atoms with Crippen LogP contribution in [0.2, 0.25) is 0 Å². The summed E-state index contributed by atoms with van der Waals surface area (Å²) in [6, 6.07) is 0. The zero-order valence-corrected chi connectivity index (χ0v) is 6.33. The topological polar surface area (TPSA) is 67.2 Å². The van der Waals surface area contributed by atoms with Crippen LogP contribution in [-0.4, -0.2) is 21.0 Å². The fraction of sp³-hybridized carbons (Fsp3) is 0.333. The first-order chi connectivity index (χ1) is 5.11. The lowest BCUT2D eigenvalue weighted by molar-refractivity contribution is 0.209. The molecule has 0 unspecified atom stereocenters. The Balaban J connectivity index is 2.92. The van der Waals surface area contributed by atoms with Crippen LogP contribution in [0.5, 0.6) is 0 Å². The number of aryl methyl sites for hydroxylation is 2. The van der Waals surface area contributed by atoms with Crippen LogP contribution in [0.1, 0.15) is 5.56 Å². The molecular formula is C6H9N3O2. The van der Waals surface area contributed by atoms with Gasteiger partial charge in [0.2, 0.25) is 0 Å². The van der Waals surface area contributed by atoms with Crippen LogP contribution in [0.3, 0.4) is 0 Å². The predicted molar refractivity (Wildman–Crippen MR) is 39.6 cm³/mol. The van der Waals surface area contributed by atoms with Crippen molar-refractivity contribution in [3.63, 3.8) is 0 Å². The highest BCUT2D eigenvalue weighted by Gasteiger charge is 2.05. The monoisotopic (exact) mass is 155 g/mol. The van der Waals surface area contributed by atoms with Crippen molar-refractivity contribution in [2.75, 3.05) is 5.32 Å². The number of hydrogen-bond donors (Lipinski definition) is 2. The molecule has 0 aliphatic rings. The quantitative estimate of drug-likeness (QED) is 0.630. The predicted octanol–water partition coefficient (Wildman–Crippen LogP) is 0.818. The molecule has 0 aliphatic carbocycles. The average Bonchev–Trinajstić information content (AvgIpc) is 2.18. The number of nitrogens with zero attached hydrogens (tertiary/aromatic N) is 2. The minimum Gasteiger partial charge on any atom is -0.465 e. The molecule has 0 bridgehead atoms. The van der Waals surface area contributed by atoms with Gasteiger partial charge in [-0.2, -0.15) is 5.10 Å². The number of nitrogens with one attached hydrogen (secondary N) is 1. The minimum absolute atomic E-state index is 0.512. The molecule has 0 saturated carbocycles. The number of anilines is 1. The Bertz CT molecular complexity index is 260. The van der Waals surface area contributed by atoms with Gasteiger partial charge in [0.05, 0.1) is 6.20 Å². The second-order valence-electron chi connectivity index (χ2n) is 2.23. The molecule has 1 aromatic rings. The largest absolute Gasteiger partial charge is 0.465 e. The van der Waals surface area contributed by atoms with Crippen molar-refractivity contribution in [1.82, 2.24) is 9.78 Å². The van der Waals surface area contributed by atoms with Gasteiger partial charge in [0.25, 0.3) is 0 Å². The third-order valence-corrected chi connectivity index (χ3v) is 1.35. The summed E-state index contributed by atoms with van der Waals surface area (Å²) in [6.07, 6.45) is 0.530. The van der Waals surface area contributed by atoms with E-state index in [0.717, 1.165) is 5.56 Å². The van der Waals surface area contributed by atoms with Gasteiger partial charge in [-0.05, 0) is 6.92 Å². The van der Waals surface area contributed by atoms with Crippen molar-refractivity contribution in [2.24, 2.45) is 7.05 Å². The summed E-state index contributed by atoms with van der Waals surface area (Å²) in [5.41, 5.74) is 0.815. The Labute approximate surface area is 63.6 Å². The SMILES string of the molecule is Cc1cnn(C)c1NC(=O)O. The van der Waals surface area contributed by atoms with Gasteiger partial charge in [0.15, 0.2) is 0 Å². The molecule has 5 heteroatoms. The summed E-state index contributed by atoms with van der Waals surface area (Å²) in [7, 11) is 1.68. The van der Waals surface area contributed by atoms with E-state index < -0.39 is 6.09 Å². The number of rotatable bonds is 1. The second-order valence-corrected chi connectivity index (χ2v) is 2.23. The van der Waals surface area contributed by atoms with Crippen molar-refractivity contribution in [1.29, 1.82) is 0 Å². The third kappa shape index (κ3) is 1.49. The van der Waals surface area contributed by atoms with Crippen LogP contribution < -0.4 is 5.32 Å². The molecule has 2 N–H and O–H groups in total. The van der Waals surface area contributed by atoms with Crippen LogP contribution in [0, 0.1) is 6.92 Å². The van der Waals surface area contributed by atoms with Crippen LogP contribution in [0.4, 0.5) is 10.6 Å². The molecular weight excluding hydrogens is 146 g/mol. The zero-order valence-electron chi connectivity index (χ0n) is 6.33. The first-order valence-electron chi connectivity index (χ1n) is 3.10. The molecule has 1 heterocycles. The molecule has 1 aromatic heterocycles. The van der Waals surface area contributed by atoms with Crippen molar-refractivity contribution in [3.05, 3.63) is 11.8 Å². The van der Waals surface area contributed by atoms with Gasteiger partial charge in [-0.1, -0.05) is 0 Å². The van der Waals surface area contributed by atoms with Gasteiger partial charge in [-0.25, -0.2) is 4.79 Å². The molecule has 0 atom stereocenters. The molecule has 0 fully saturated rings. The molecule has 0 aliphatic heterocycles. The van der Waals surface area contributed by atoms with E-state index in [2.05, 4.69) is 10.4 Å². The molecule has 11 heavy (non-hydrogen) atoms. The maximum Gasteiger partial charge on any atom is 0.410 e. The van der Waals surface area contributed by atoms with E-state index >= 15 is 0 Å². The fourth-order valence-corrected chi connectivity index (χ4v) is 0.828. The molecule has 60 valence electrons. The normalized spacial score (nSPS) is 9.64. The molecule has 0 spiro atoms. The summed E-state index contributed by atoms with van der Waals surface area (Å²) in [5.74, 6) is 0.512. The number of carbonyl (C=O) groups is 1. The van der Waals surface area contributed by atoms with Gasteiger partial charge >= 0.3 is 6.09 Å². The van der Waals surface area contributed by atoms with E-state index in [0.29, 0.717) is 5.82 Å². The van der Waals surface area contributed by atoms with Crippen molar-refractivity contribution in [2.45, 2.75) is 6.92 Å². The maximum absolute atomic E-state index is 10.2. The lowest BCUT2D eigenvalue weighted by atomic mass is 10.4. The highest BCUT2D eigenvalue weighted by atomic mass is 16.4. The van der Waals surface area contributed by atoms with Crippen LogP contribution in [0.25, 0.3) is 0 Å². The van der Waals surface area contributed by atoms with Gasteiger partial charge < -0.3 is 5.11 Å². The van der Waals surface area contributed by atoms with E-state index in [-0.39, 0.29) is 0 Å². The smallest absolute Gasteiger partial charge is 0.410 e. The standard InChI is InChI=1S/C6H9N3O2/c1-4-3-7-9(2)5(4)8-6(10)11/h3,8H,1-2H3,(H,10,11). The van der Waals surface area contributed by atoms with Gasteiger partial charge in [-0.15, -0.1) is 0 Å². The number of hydrogen-bond acceptors (Lipinski definition) is 2.